The molecule has 2 aromatic carbocycles. The number of nitrogens with zero attached hydrogens (tertiary/aromatic N) is 2. The van der Waals surface area contributed by atoms with Crippen LogP contribution in [0, 0.1) is 0 Å². The van der Waals surface area contributed by atoms with Crippen molar-refractivity contribution in [3.05, 3.63) is 65.7 Å². The quantitative estimate of drug-likeness (QED) is 0.766. The second-order valence-corrected chi connectivity index (χ2v) is 7.41. The Kier molecular flexibility index (Phi) is 6.15. The zero-order valence-corrected chi connectivity index (χ0v) is 16.6. The van der Waals surface area contributed by atoms with Gasteiger partial charge in [0.15, 0.2) is 0 Å². The highest BCUT2D eigenvalue weighted by atomic mass is 16.3. The van der Waals surface area contributed by atoms with E-state index in [0.29, 0.717) is 19.5 Å². The van der Waals surface area contributed by atoms with Crippen molar-refractivity contribution in [1.82, 2.24) is 4.90 Å². The lowest BCUT2D eigenvalue weighted by Gasteiger charge is -2.31. The van der Waals surface area contributed by atoms with Crippen LogP contribution in [0.2, 0.25) is 0 Å². The SMILES string of the molecule is CCCN(CCO)C(=O)C[C@@]1(Cc2ccccc2)C(=O)N(C)c2ccccc21. The highest BCUT2D eigenvalue weighted by molar-refractivity contribution is 6.09. The molecule has 0 aliphatic carbocycles. The zero-order valence-electron chi connectivity index (χ0n) is 16.6. The molecule has 1 aliphatic rings. The third-order valence-electron chi connectivity index (χ3n) is 5.51. The van der Waals surface area contributed by atoms with E-state index in [9.17, 15) is 14.7 Å². The first-order chi connectivity index (χ1) is 13.5. The van der Waals surface area contributed by atoms with Crippen LogP contribution in [0.1, 0.15) is 30.9 Å². The number of para-hydroxylation sites is 1. The standard InChI is InChI=1S/C23H28N2O3/c1-3-13-25(14-15-26)21(27)17-23(16-18-9-5-4-6-10-18)19-11-7-8-12-20(19)24(2)22(23)28/h4-12,26H,3,13-17H2,1-2H3/t23-/m1/s1. The molecular weight excluding hydrogens is 352 g/mol. The van der Waals surface area contributed by atoms with E-state index in [2.05, 4.69) is 0 Å². The molecule has 0 radical (unpaired) electrons. The van der Waals surface area contributed by atoms with E-state index in [1.807, 2.05) is 61.5 Å². The molecule has 0 unspecified atom stereocenters. The van der Waals surface area contributed by atoms with E-state index < -0.39 is 5.41 Å². The number of likely N-dealkylation sites (N-methyl/N-ethyl adjacent to an activating group) is 1. The van der Waals surface area contributed by atoms with Gasteiger partial charge in [0.05, 0.1) is 12.0 Å². The van der Waals surface area contributed by atoms with Crippen molar-refractivity contribution in [3.63, 3.8) is 0 Å². The van der Waals surface area contributed by atoms with Crippen LogP contribution in [0.15, 0.2) is 54.6 Å². The normalized spacial score (nSPS) is 18.2. The summed E-state index contributed by atoms with van der Waals surface area (Å²) >= 11 is 0. The van der Waals surface area contributed by atoms with Crippen molar-refractivity contribution in [2.24, 2.45) is 0 Å². The van der Waals surface area contributed by atoms with Crippen molar-refractivity contribution < 1.29 is 14.7 Å². The van der Waals surface area contributed by atoms with Crippen LogP contribution in [-0.2, 0) is 21.4 Å². The molecule has 5 nitrogen and oxygen atoms in total. The number of aliphatic hydroxyl groups is 1. The van der Waals surface area contributed by atoms with Crippen LogP contribution < -0.4 is 4.90 Å². The van der Waals surface area contributed by atoms with Gasteiger partial charge in [0.25, 0.3) is 0 Å². The number of rotatable bonds is 8. The van der Waals surface area contributed by atoms with Crippen molar-refractivity contribution in [2.45, 2.75) is 31.6 Å². The van der Waals surface area contributed by atoms with E-state index in [1.165, 1.54) is 0 Å². The van der Waals surface area contributed by atoms with Gasteiger partial charge in [-0.15, -0.1) is 0 Å². The minimum absolute atomic E-state index is 0.0497. The largest absolute Gasteiger partial charge is 0.395 e. The summed E-state index contributed by atoms with van der Waals surface area (Å²) in [5.74, 6) is -0.142. The Morgan fingerprint density at radius 2 is 1.75 bits per heavy atom. The summed E-state index contributed by atoms with van der Waals surface area (Å²) in [7, 11) is 1.77. The predicted molar refractivity (Wildman–Crippen MR) is 110 cm³/mol. The molecular formula is C23H28N2O3. The van der Waals surface area contributed by atoms with Gasteiger partial charge in [0.2, 0.25) is 11.8 Å². The second-order valence-electron chi connectivity index (χ2n) is 7.41. The number of hydrogen-bond acceptors (Lipinski definition) is 3. The molecule has 0 bridgehead atoms. The number of aliphatic hydroxyl groups excluding tert-OH is 1. The lowest BCUT2D eigenvalue weighted by atomic mass is 9.73. The van der Waals surface area contributed by atoms with E-state index in [1.54, 1.807) is 16.8 Å². The summed E-state index contributed by atoms with van der Waals surface area (Å²) in [5, 5.41) is 9.36. The molecule has 5 heteroatoms. The number of fused-ring (bicyclic) bond motifs is 1. The molecule has 1 aliphatic heterocycles. The van der Waals surface area contributed by atoms with Gasteiger partial charge in [-0.3, -0.25) is 9.59 Å². The van der Waals surface area contributed by atoms with Crippen LogP contribution in [0.3, 0.4) is 0 Å². The van der Waals surface area contributed by atoms with Crippen LogP contribution in [0.4, 0.5) is 5.69 Å². The van der Waals surface area contributed by atoms with Gasteiger partial charge in [-0.2, -0.15) is 0 Å². The maximum Gasteiger partial charge on any atom is 0.238 e. The Hall–Kier alpha value is -2.66. The summed E-state index contributed by atoms with van der Waals surface area (Å²) in [6.07, 6.45) is 1.38. The molecule has 3 rings (SSSR count). The third-order valence-corrected chi connectivity index (χ3v) is 5.51. The summed E-state index contributed by atoms with van der Waals surface area (Å²) < 4.78 is 0. The van der Waals surface area contributed by atoms with E-state index in [4.69, 9.17) is 0 Å². The van der Waals surface area contributed by atoms with Gasteiger partial charge in [-0.05, 0) is 30.0 Å². The molecule has 2 aromatic rings. The van der Waals surface area contributed by atoms with E-state index >= 15 is 0 Å². The maximum absolute atomic E-state index is 13.5. The van der Waals surface area contributed by atoms with Gasteiger partial charge in [-0.1, -0.05) is 55.5 Å². The Bertz CT molecular complexity index is 831. The number of anilines is 1. The lowest BCUT2D eigenvalue weighted by Crippen LogP contribution is -2.46. The number of carbonyl (C=O) groups excluding carboxylic acids is 2. The maximum atomic E-state index is 13.5. The fourth-order valence-electron chi connectivity index (χ4n) is 4.19. The Labute approximate surface area is 166 Å². The molecule has 1 heterocycles. The van der Waals surface area contributed by atoms with Gasteiger partial charge < -0.3 is 14.9 Å². The topological polar surface area (TPSA) is 60.9 Å². The van der Waals surface area contributed by atoms with E-state index in [-0.39, 0.29) is 24.8 Å². The second kappa shape index (κ2) is 8.57. The van der Waals surface area contributed by atoms with Crippen LogP contribution in [0.5, 0.6) is 0 Å². The lowest BCUT2D eigenvalue weighted by molar-refractivity contribution is -0.136. The van der Waals surface area contributed by atoms with Crippen molar-refractivity contribution in [1.29, 1.82) is 0 Å². The highest BCUT2D eigenvalue weighted by Crippen LogP contribution is 2.45. The average molecular weight is 380 g/mol. The Morgan fingerprint density at radius 1 is 1.07 bits per heavy atom. The first-order valence-corrected chi connectivity index (χ1v) is 9.83. The van der Waals surface area contributed by atoms with Crippen molar-refractivity contribution in [3.8, 4) is 0 Å². The van der Waals surface area contributed by atoms with Crippen LogP contribution in [-0.4, -0.2) is 48.6 Å². The molecule has 2 amide bonds. The van der Waals surface area contributed by atoms with Gasteiger partial charge in [0.1, 0.15) is 0 Å². The number of amides is 2. The molecule has 28 heavy (non-hydrogen) atoms. The molecule has 0 aromatic heterocycles. The highest BCUT2D eigenvalue weighted by Gasteiger charge is 2.51. The Balaban J connectivity index is 2.03. The summed E-state index contributed by atoms with van der Waals surface area (Å²) in [6.45, 7) is 2.79. The van der Waals surface area contributed by atoms with Gasteiger partial charge in [-0.25, -0.2) is 0 Å². The molecule has 0 fully saturated rings. The zero-order chi connectivity index (χ0) is 20.1. The average Bonchev–Trinajstić information content (AvgIpc) is 2.91. The summed E-state index contributed by atoms with van der Waals surface area (Å²) in [6, 6.07) is 17.6. The molecule has 0 saturated heterocycles. The summed E-state index contributed by atoms with van der Waals surface area (Å²) in [5.41, 5.74) is 1.86. The van der Waals surface area contributed by atoms with Crippen LogP contribution >= 0.6 is 0 Å². The minimum Gasteiger partial charge on any atom is -0.395 e. The van der Waals surface area contributed by atoms with Crippen molar-refractivity contribution >= 4 is 17.5 Å². The minimum atomic E-state index is -0.925. The molecule has 148 valence electrons. The number of benzene rings is 2. The van der Waals surface area contributed by atoms with E-state index in [0.717, 1.165) is 23.2 Å². The molecule has 0 spiro atoms. The molecule has 1 atom stereocenters. The van der Waals surface area contributed by atoms with Crippen LogP contribution in [0.25, 0.3) is 0 Å². The van der Waals surface area contributed by atoms with Gasteiger partial charge >= 0.3 is 0 Å². The Morgan fingerprint density at radius 3 is 2.43 bits per heavy atom. The summed E-state index contributed by atoms with van der Waals surface area (Å²) in [4.78, 5) is 30.0. The van der Waals surface area contributed by atoms with Gasteiger partial charge in [0, 0.05) is 32.2 Å². The molecule has 0 saturated carbocycles. The fourth-order valence-corrected chi connectivity index (χ4v) is 4.19. The predicted octanol–water partition coefficient (Wildman–Crippen LogP) is 2.76. The fraction of sp³-hybridized carbons (Fsp3) is 0.391. The third kappa shape index (κ3) is 3.67. The number of carbonyl (C=O) groups is 2. The number of hydrogen-bond donors (Lipinski definition) is 1. The first kappa shape index (κ1) is 20.1. The monoisotopic (exact) mass is 380 g/mol. The molecule has 1 N–H and O–H groups in total. The smallest absolute Gasteiger partial charge is 0.238 e. The first-order valence-electron chi connectivity index (χ1n) is 9.83. The van der Waals surface area contributed by atoms with Crippen molar-refractivity contribution in [2.75, 3.05) is 31.6 Å².